The normalized spacial score (nSPS) is 17.6. The third-order valence-electron chi connectivity index (χ3n) is 3.50. The van der Waals surface area contributed by atoms with Gasteiger partial charge in [0, 0.05) is 19.6 Å². The van der Waals surface area contributed by atoms with Crippen molar-refractivity contribution < 1.29 is 9.53 Å². The van der Waals surface area contributed by atoms with Gasteiger partial charge in [0.05, 0.1) is 13.2 Å². The molecule has 1 atom stereocenters. The Morgan fingerprint density at radius 1 is 1.30 bits per heavy atom. The zero-order chi connectivity index (χ0) is 14.2. The van der Waals surface area contributed by atoms with Crippen molar-refractivity contribution >= 4 is 5.91 Å². The van der Waals surface area contributed by atoms with E-state index < -0.39 is 6.04 Å². The van der Waals surface area contributed by atoms with Crippen LogP contribution in [0.5, 0.6) is 0 Å². The Kier molecular flexibility index (Phi) is 5.98. The van der Waals surface area contributed by atoms with E-state index in [1.54, 1.807) is 0 Å². The maximum atomic E-state index is 11.9. The summed E-state index contributed by atoms with van der Waals surface area (Å²) in [7, 11) is 0. The second-order valence-corrected chi connectivity index (χ2v) is 4.99. The number of ether oxygens (including phenoxy) is 1. The third kappa shape index (κ3) is 4.59. The second-order valence-electron chi connectivity index (χ2n) is 4.99. The first kappa shape index (κ1) is 15.0. The van der Waals surface area contributed by atoms with E-state index in [1.165, 1.54) is 0 Å². The Morgan fingerprint density at radius 3 is 2.70 bits per heavy atom. The van der Waals surface area contributed by atoms with Crippen molar-refractivity contribution in [1.29, 1.82) is 0 Å². The van der Waals surface area contributed by atoms with Gasteiger partial charge in [-0.05, 0) is 18.5 Å². The van der Waals surface area contributed by atoms with Crippen LogP contribution in [0.4, 0.5) is 0 Å². The number of hydrogen-bond acceptors (Lipinski definition) is 4. The van der Waals surface area contributed by atoms with Crippen molar-refractivity contribution in [3.8, 4) is 0 Å². The zero-order valence-corrected chi connectivity index (χ0v) is 11.8. The molecule has 3 N–H and O–H groups in total. The highest BCUT2D eigenvalue weighted by Gasteiger charge is 2.15. The van der Waals surface area contributed by atoms with Gasteiger partial charge in [0.15, 0.2) is 0 Å². The molecule has 5 heteroatoms. The molecule has 0 spiro atoms. The lowest BCUT2D eigenvalue weighted by Gasteiger charge is -2.26. The van der Waals surface area contributed by atoms with Gasteiger partial charge in [-0.25, -0.2) is 0 Å². The molecule has 5 nitrogen and oxygen atoms in total. The molecule has 0 bridgehead atoms. The standard InChI is InChI=1S/C15H23N3O2/c16-14(13-5-2-1-3-6-13)15(19)17-7-4-8-18-9-11-20-12-10-18/h1-3,5-6,14H,4,7-12,16H2,(H,17,19)/t14-/m0/s1. The Morgan fingerprint density at radius 2 is 2.00 bits per heavy atom. The quantitative estimate of drug-likeness (QED) is 0.744. The van der Waals surface area contributed by atoms with Crippen LogP contribution in [-0.4, -0.2) is 50.2 Å². The fourth-order valence-corrected chi connectivity index (χ4v) is 2.26. The monoisotopic (exact) mass is 277 g/mol. The van der Waals surface area contributed by atoms with Crippen LogP contribution in [0.25, 0.3) is 0 Å². The number of nitrogens with two attached hydrogens (primary N) is 1. The van der Waals surface area contributed by atoms with Gasteiger partial charge in [-0.3, -0.25) is 9.69 Å². The van der Waals surface area contributed by atoms with Gasteiger partial charge in [0.1, 0.15) is 6.04 Å². The van der Waals surface area contributed by atoms with E-state index in [1.807, 2.05) is 30.3 Å². The lowest BCUT2D eigenvalue weighted by molar-refractivity contribution is -0.122. The highest BCUT2D eigenvalue weighted by atomic mass is 16.5. The molecule has 110 valence electrons. The van der Waals surface area contributed by atoms with Gasteiger partial charge in [0.25, 0.3) is 0 Å². The summed E-state index contributed by atoms with van der Waals surface area (Å²) in [4.78, 5) is 14.3. The summed E-state index contributed by atoms with van der Waals surface area (Å²) in [6.45, 7) is 5.24. The molecule has 20 heavy (non-hydrogen) atoms. The van der Waals surface area contributed by atoms with Gasteiger partial charge < -0.3 is 15.8 Å². The van der Waals surface area contributed by atoms with Crippen LogP contribution in [0.3, 0.4) is 0 Å². The number of benzene rings is 1. The van der Waals surface area contributed by atoms with Gasteiger partial charge in [0.2, 0.25) is 5.91 Å². The zero-order valence-electron chi connectivity index (χ0n) is 11.8. The van der Waals surface area contributed by atoms with Gasteiger partial charge in [-0.2, -0.15) is 0 Å². The summed E-state index contributed by atoms with van der Waals surface area (Å²) >= 11 is 0. The van der Waals surface area contributed by atoms with Crippen LogP contribution in [-0.2, 0) is 9.53 Å². The summed E-state index contributed by atoms with van der Waals surface area (Å²) < 4.78 is 5.30. The minimum Gasteiger partial charge on any atom is -0.379 e. The summed E-state index contributed by atoms with van der Waals surface area (Å²) in [6.07, 6.45) is 0.938. The Bertz CT molecular complexity index is 405. The maximum absolute atomic E-state index is 11.9. The summed E-state index contributed by atoms with van der Waals surface area (Å²) in [5.41, 5.74) is 6.77. The fourth-order valence-electron chi connectivity index (χ4n) is 2.26. The molecule has 0 aromatic heterocycles. The third-order valence-corrected chi connectivity index (χ3v) is 3.50. The number of nitrogens with one attached hydrogen (secondary N) is 1. The predicted octanol–water partition coefficient (Wildman–Crippen LogP) is 0.525. The highest BCUT2D eigenvalue weighted by Crippen LogP contribution is 2.09. The number of carbonyl (C=O) groups excluding carboxylic acids is 1. The molecule has 0 saturated carbocycles. The predicted molar refractivity (Wildman–Crippen MR) is 78.3 cm³/mol. The van der Waals surface area contributed by atoms with E-state index in [-0.39, 0.29) is 5.91 Å². The molecule has 1 amide bonds. The average Bonchev–Trinajstić information content (AvgIpc) is 2.52. The molecule has 0 unspecified atom stereocenters. The number of morpholine rings is 1. The molecular formula is C15H23N3O2. The fraction of sp³-hybridized carbons (Fsp3) is 0.533. The van der Waals surface area contributed by atoms with Crippen molar-refractivity contribution in [2.45, 2.75) is 12.5 Å². The minimum absolute atomic E-state index is 0.113. The molecule has 1 saturated heterocycles. The number of rotatable bonds is 6. The van der Waals surface area contributed by atoms with Crippen molar-refractivity contribution in [2.75, 3.05) is 39.4 Å². The van der Waals surface area contributed by atoms with Crippen LogP contribution in [0, 0.1) is 0 Å². The molecule has 0 aliphatic carbocycles. The van der Waals surface area contributed by atoms with E-state index in [0.29, 0.717) is 6.54 Å². The van der Waals surface area contributed by atoms with Crippen molar-refractivity contribution in [3.05, 3.63) is 35.9 Å². The van der Waals surface area contributed by atoms with E-state index in [9.17, 15) is 4.79 Å². The minimum atomic E-state index is -0.584. The Balaban J connectivity index is 1.64. The van der Waals surface area contributed by atoms with Crippen LogP contribution in [0.2, 0.25) is 0 Å². The van der Waals surface area contributed by atoms with E-state index in [4.69, 9.17) is 10.5 Å². The Labute approximate surface area is 120 Å². The molecule has 1 aliphatic heterocycles. The maximum Gasteiger partial charge on any atom is 0.241 e. The first-order valence-corrected chi connectivity index (χ1v) is 7.16. The molecule has 1 fully saturated rings. The van der Waals surface area contributed by atoms with Gasteiger partial charge >= 0.3 is 0 Å². The second kappa shape index (κ2) is 7.99. The number of amides is 1. The Hall–Kier alpha value is -1.43. The van der Waals surface area contributed by atoms with Crippen LogP contribution in [0.15, 0.2) is 30.3 Å². The van der Waals surface area contributed by atoms with Crippen molar-refractivity contribution in [1.82, 2.24) is 10.2 Å². The van der Waals surface area contributed by atoms with Crippen LogP contribution >= 0.6 is 0 Å². The smallest absolute Gasteiger partial charge is 0.241 e. The van der Waals surface area contributed by atoms with E-state index in [0.717, 1.165) is 44.8 Å². The molecule has 1 aliphatic rings. The van der Waals surface area contributed by atoms with Gasteiger partial charge in [-0.1, -0.05) is 30.3 Å². The largest absolute Gasteiger partial charge is 0.379 e. The molecule has 2 rings (SSSR count). The van der Waals surface area contributed by atoms with Crippen LogP contribution < -0.4 is 11.1 Å². The number of carbonyl (C=O) groups is 1. The lowest BCUT2D eigenvalue weighted by atomic mass is 10.1. The van der Waals surface area contributed by atoms with Gasteiger partial charge in [-0.15, -0.1) is 0 Å². The first-order valence-electron chi connectivity index (χ1n) is 7.16. The van der Waals surface area contributed by atoms with Crippen molar-refractivity contribution in [2.24, 2.45) is 5.73 Å². The molecule has 1 aromatic carbocycles. The topological polar surface area (TPSA) is 67.6 Å². The SMILES string of the molecule is N[C@H](C(=O)NCCCN1CCOCC1)c1ccccc1. The lowest BCUT2D eigenvalue weighted by Crippen LogP contribution is -2.39. The van der Waals surface area contributed by atoms with Crippen LogP contribution in [0.1, 0.15) is 18.0 Å². The molecular weight excluding hydrogens is 254 g/mol. The van der Waals surface area contributed by atoms with E-state index >= 15 is 0 Å². The first-order chi connectivity index (χ1) is 9.77. The van der Waals surface area contributed by atoms with Crippen molar-refractivity contribution in [3.63, 3.8) is 0 Å². The highest BCUT2D eigenvalue weighted by molar-refractivity contribution is 5.82. The molecule has 0 radical (unpaired) electrons. The number of hydrogen-bond donors (Lipinski definition) is 2. The van der Waals surface area contributed by atoms with E-state index in [2.05, 4.69) is 10.2 Å². The summed E-state index contributed by atoms with van der Waals surface area (Å²) in [6, 6.07) is 8.85. The average molecular weight is 277 g/mol. The molecule has 1 aromatic rings. The molecule has 1 heterocycles. The number of nitrogens with zero attached hydrogens (tertiary/aromatic N) is 1. The summed E-state index contributed by atoms with van der Waals surface area (Å²) in [5.74, 6) is -0.113. The summed E-state index contributed by atoms with van der Waals surface area (Å²) in [5, 5.41) is 2.90.